The molecule has 0 saturated heterocycles. The number of aromatic nitrogens is 3. The van der Waals surface area contributed by atoms with Crippen LogP contribution in [-0.2, 0) is 0 Å². The number of nitrogens with zero attached hydrogens (tertiary/aromatic N) is 3. The van der Waals surface area contributed by atoms with Gasteiger partial charge in [-0.2, -0.15) is 0 Å². The molecule has 204 valence electrons. The summed E-state index contributed by atoms with van der Waals surface area (Å²) in [7, 11) is 0. The smallest absolute Gasteiger partial charge is 0.235 e. The van der Waals surface area contributed by atoms with Crippen LogP contribution in [0.5, 0.6) is 0 Å². The van der Waals surface area contributed by atoms with E-state index in [4.69, 9.17) is 9.97 Å². The van der Waals surface area contributed by atoms with Gasteiger partial charge in [-0.05, 0) is 46.5 Å². The second kappa shape index (κ2) is 8.96. The van der Waals surface area contributed by atoms with Crippen LogP contribution in [0.4, 0.5) is 0 Å². The molecular formula is C40H23N3S. The lowest BCUT2D eigenvalue weighted by Crippen LogP contribution is -2.03. The summed E-state index contributed by atoms with van der Waals surface area (Å²) >= 11 is 1.89. The molecule has 0 aliphatic carbocycles. The third kappa shape index (κ3) is 3.31. The molecule has 0 radical (unpaired) electrons. The third-order valence-corrected chi connectivity index (χ3v) is 10.2. The molecule has 10 rings (SSSR count). The fourth-order valence-corrected chi connectivity index (χ4v) is 8.25. The molecule has 10 aromatic rings. The van der Waals surface area contributed by atoms with Crippen molar-refractivity contribution in [2.75, 3.05) is 0 Å². The van der Waals surface area contributed by atoms with Gasteiger partial charge in [0.1, 0.15) is 0 Å². The van der Waals surface area contributed by atoms with Gasteiger partial charge in [0.15, 0.2) is 0 Å². The zero-order valence-corrected chi connectivity index (χ0v) is 24.3. The Morgan fingerprint density at radius 2 is 1.20 bits per heavy atom. The topological polar surface area (TPSA) is 30.7 Å². The molecule has 0 fully saturated rings. The molecule has 3 nitrogen and oxygen atoms in total. The second-order valence-electron chi connectivity index (χ2n) is 11.4. The molecule has 3 heterocycles. The van der Waals surface area contributed by atoms with Gasteiger partial charge in [-0.1, -0.05) is 109 Å². The Bertz CT molecular complexity index is 2770. The van der Waals surface area contributed by atoms with Crippen molar-refractivity contribution < 1.29 is 0 Å². The van der Waals surface area contributed by atoms with Gasteiger partial charge in [0.2, 0.25) is 5.95 Å². The molecule has 0 aliphatic rings. The van der Waals surface area contributed by atoms with Crippen LogP contribution in [0.25, 0.3) is 91.6 Å². The van der Waals surface area contributed by atoms with Crippen LogP contribution in [0, 0.1) is 0 Å². The van der Waals surface area contributed by atoms with Crippen molar-refractivity contribution in [2.45, 2.75) is 0 Å². The predicted molar refractivity (Wildman–Crippen MR) is 187 cm³/mol. The standard InChI is InChI=1S/C40H23N3S/c1-2-10-25(11-3-1)38-30-14-4-7-15-33(30)41-40(42-38)43-34-16-8-5-12-27(34)32-23-31-26(22-35(32)43)19-18-24-20-21-29-28-13-6-9-17-36(28)44-39(29)37(24)31/h1-23H. The fraction of sp³-hybridized carbons (Fsp3) is 0. The first-order valence-electron chi connectivity index (χ1n) is 14.8. The summed E-state index contributed by atoms with van der Waals surface area (Å²) in [4.78, 5) is 10.4. The summed E-state index contributed by atoms with van der Waals surface area (Å²) in [5.41, 5.74) is 5.16. The summed E-state index contributed by atoms with van der Waals surface area (Å²) in [6, 6.07) is 49.9. The van der Waals surface area contributed by atoms with E-state index in [2.05, 4.69) is 132 Å². The van der Waals surface area contributed by atoms with Crippen LogP contribution in [0.2, 0.25) is 0 Å². The third-order valence-electron chi connectivity index (χ3n) is 8.97. The van der Waals surface area contributed by atoms with Crippen LogP contribution in [0.3, 0.4) is 0 Å². The molecule has 4 heteroatoms. The number of hydrogen-bond acceptors (Lipinski definition) is 3. The van der Waals surface area contributed by atoms with Crippen molar-refractivity contribution >= 4 is 85.8 Å². The highest BCUT2D eigenvalue weighted by molar-refractivity contribution is 7.26. The van der Waals surface area contributed by atoms with Crippen molar-refractivity contribution in [1.29, 1.82) is 0 Å². The highest BCUT2D eigenvalue weighted by Crippen LogP contribution is 2.43. The molecule has 3 aromatic heterocycles. The van der Waals surface area contributed by atoms with Crippen molar-refractivity contribution in [3.63, 3.8) is 0 Å². The Hall–Kier alpha value is -5.58. The summed E-state index contributed by atoms with van der Waals surface area (Å²) < 4.78 is 4.92. The van der Waals surface area contributed by atoms with E-state index in [-0.39, 0.29) is 0 Å². The number of rotatable bonds is 2. The maximum Gasteiger partial charge on any atom is 0.235 e. The minimum atomic E-state index is 0.681. The Labute approximate surface area is 256 Å². The Balaban J connectivity index is 1.33. The molecule has 44 heavy (non-hydrogen) atoms. The summed E-state index contributed by atoms with van der Waals surface area (Å²) in [5.74, 6) is 0.681. The summed E-state index contributed by atoms with van der Waals surface area (Å²) in [5, 5.41) is 11.2. The van der Waals surface area contributed by atoms with Gasteiger partial charge in [0.25, 0.3) is 0 Å². The molecule has 0 amide bonds. The number of benzene rings is 7. The van der Waals surface area contributed by atoms with E-state index in [1.807, 2.05) is 23.5 Å². The molecular weight excluding hydrogens is 555 g/mol. The molecule has 0 N–H and O–H groups in total. The van der Waals surface area contributed by atoms with E-state index < -0.39 is 0 Å². The maximum absolute atomic E-state index is 5.26. The molecule has 0 atom stereocenters. The Morgan fingerprint density at radius 1 is 0.477 bits per heavy atom. The normalized spacial score (nSPS) is 12.1. The highest BCUT2D eigenvalue weighted by Gasteiger charge is 2.19. The largest absolute Gasteiger partial charge is 0.278 e. The fourth-order valence-electron chi connectivity index (χ4n) is 6.98. The van der Waals surface area contributed by atoms with Gasteiger partial charge < -0.3 is 0 Å². The van der Waals surface area contributed by atoms with Gasteiger partial charge in [0, 0.05) is 47.3 Å². The SMILES string of the molecule is c1ccc(-c2nc(-n3c4ccccc4c4cc5c(ccc6ccc7c8ccccc8sc7c65)cc43)nc3ccccc23)cc1. The number of thiophene rings is 1. The lowest BCUT2D eigenvalue weighted by Gasteiger charge is -2.12. The first-order chi connectivity index (χ1) is 21.8. The molecule has 0 spiro atoms. The predicted octanol–water partition coefficient (Wildman–Crippen LogP) is 11.1. The van der Waals surface area contributed by atoms with Gasteiger partial charge in [-0.3, -0.25) is 4.57 Å². The van der Waals surface area contributed by atoms with Crippen LogP contribution >= 0.6 is 11.3 Å². The van der Waals surface area contributed by atoms with Crippen molar-refractivity contribution in [3.05, 3.63) is 140 Å². The van der Waals surface area contributed by atoms with Gasteiger partial charge in [-0.15, -0.1) is 11.3 Å². The van der Waals surface area contributed by atoms with E-state index in [9.17, 15) is 0 Å². The average Bonchev–Trinajstić information content (AvgIpc) is 3.62. The van der Waals surface area contributed by atoms with Gasteiger partial charge in [-0.25, -0.2) is 9.97 Å². The molecule has 0 unspecified atom stereocenters. The monoisotopic (exact) mass is 577 g/mol. The van der Waals surface area contributed by atoms with Crippen LogP contribution in [-0.4, -0.2) is 14.5 Å². The average molecular weight is 578 g/mol. The lowest BCUT2D eigenvalue weighted by atomic mass is 9.98. The highest BCUT2D eigenvalue weighted by atomic mass is 32.1. The quantitative estimate of drug-likeness (QED) is 0.191. The molecule has 0 bridgehead atoms. The van der Waals surface area contributed by atoms with E-state index in [0.717, 1.165) is 33.2 Å². The zero-order chi connectivity index (χ0) is 28.8. The van der Waals surface area contributed by atoms with Gasteiger partial charge >= 0.3 is 0 Å². The number of para-hydroxylation sites is 2. The van der Waals surface area contributed by atoms with E-state index in [1.165, 1.54) is 52.5 Å². The van der Waals surface area contributed by atoms with E-state index in [0.29, 0.717) is 5.95 Å². The molecule has 0 aliphatic heterocycles. The lowest BCUT2D eigenvalue weighted by molar-refractivity contribution is 1.01. The maximum atomic E-state index is 5.26. The summed E-state index contributed by atoms with van der Waals surface area (Å²) in [6.45, 7) is 0. The molecule has 7 aromatic carbocycles. The number of hydrogen-bond donors (Lipinski definition) is 0. The van der Waals surface area contributed by atoms with Crippen LogP contribution in [0.1, 0.15) is 0 Å². The minimum Gasteiger partial charge on any atom is -0.278 e. The first-order valence-corrected chi connectivity index (χ1v) is 15.7. The van der Waals surface area contributed by atoms with E-state index in [1.54, 1.807) is 0 Å². The number of fused-ring (bicyclic) bond motifs is 11. The van der Waals surface area contributed by atoms with Crippen molar-refractivity contribution in [1.82, 2.24) is 14.5 Å². The Kier molecular flexibility index (Phi) is 4.87. The zero-order valence-electron chi connectivity index (χ0n) is 23.5. The van der Waals surface area contributed by atoms with Crippen molar-refractivity contribution in [3.8, 4) is 17.2 Å². The first kappa shape index (κ1) is 23.9. The second-order valence-corrected chi connectivity index (χ2v) is 12.5. The van der Waals surface area contributed by atoms with Crippen LogP contribution < -0.4 is 0 Å². The Morgan fingerprint density at radius 3 is 2.11 bits per heavy atom. The molecule has 0 saturated carbocycles. The minimum absolute atomic E-state index is 0.681. The van der Waals surface area contributed by atoms with E-state index >= 15 is 0 Å². The van der Waals surface area contributed by atoms with Crippen molar-refractivity contribution in [2.24, 2.45) is 0 Å². The summed E-state index contributed by atoms with van der Waals surface area (Å²) in [6.07, 6.45) is 0. The van der Waals surface area contributed by atoms with Crippen LogP contribution in [0.15, 0.2) is 140 Å². The van der Waals surface area contributed by atoms with Gasteiger partial charge in [0.05, 0.1) is 22.2 Å².